The third-order valence-corrected chi connectivity index (χ3v) is 5.03. The highest BCUT2D eigenvalue weighted by molar-refractivity contribution is 7.89. The molecule has 0 radical (unpaired) electrons. The van der Waals surface area contributed by atoms with Gasteiger partial charge in [-0.05, 0) is 38.8 Å². The van der Waals surface area contributed by atoms with Crippen molar-refractivity contribution in [3.8, 4) is 5.75 Å². The zero-order valence-electron chi connectivity index (χ0n) is 14.1. The summed E-state index contributed by atoms with van der Waals surface area (Å²) in [6, 6.07) is 7.44. The van der Waals surface area contributed by atoms with E-state index in [-0.39, 0.29) is 18.9 Å². The number of benzene rings is 1. The third kappa shape index (κ3) is 6.19. The molecule has 1 rings (SSSR count). The number of para-hydroxylation sites is 1. The first-order valence-electron chi connectivity index (χ1n) is 7.48. The molecular formula is C16H25NO5S. The Labute approximate surface area is 138 Å². The molecule has 6 nitrogen and oxygen atoms in total. The van der Waals surface area contributed by atoms with Gasteiger partial charge < -0.3 is 9.47 Å². The van der Waals surface area contributed by atoms with Crippen LogP contribution in [0.2, 0.25) is 0 Å². The Morgan fingerprint density at radius 3 is 2.52 bits per heavy atom. The van der Waals surface area contributed by atoms with Crippen LogP contribution in [0.15, 0.2) is 24.3 Å². The van der Waals surface area contributed by atoms with Crippen molar-refractivity contribution in [2.24, 2.45) is 5.41 Å². The predicted molar refractivity (Wildman–Crippen MR) is 88.9 cm³/mol. The standard InChI is InChI=1S/C16H25NO5S/c1-5-22-15(18)16(2,3)12-23(19,20)17-11-10-13-8-6-7-9-14(13)21-4/h6-9,17H,5,10-12H2,1-4H3. The van der Waals surface area contributed by atoms with Gasteiger partial charge in [0.15, 0.2) is 0 Å². The molecule has 130 valence electrons. The molecule has 1 aromatic carbocycles. The highest BCUT2D eigenvalue weighted by Gasteiger charge is 2.34. The highest BCUT2D eigenvalue weighted by atomic mass is 32.2. The Morgan fingerprint density at radius 2 is 1.91 bits per heavy atom. The Bertz CT molecular complexity index is 625. The molecule has 0 unspecified atom stereocenters. The van der Waals surface area contributed by atoms with Gasteiger partial charge in [0.25, 0.3) is 0 Å². The second-order valence-electron chi connectivity index (χ2n) is 5.82. The molecule has 0 fully saturated rings. The molecule has 0 saturated carbocycles. The van der Waals surface area contributed by atoms with E-state index < -0.39 is 21.4 Å². The molecule has 0 spiro atoms. The van der Waals surface area contributed by atoms with Crippen molar-refractivity contribution in [3.05, 3.63) is 29.8 Å². The zero-order chi connectivity index (χ0) is 17.5. The van der Waals surface area contributed by atoms with Crippen LogP contribution in [0.1, 0.15) is 26.3 Å². The van der Waals surface area contributed by atoms with Crippen LogP contribution in [0.5, 0.6) is 5.75 Å². The van der Waals surface area contributed by atoms with E-state index in [1.807, 2.05) is 24.3 Å². The van der Waals surface area contributed by atoms with Crippen molar-refractivity contribution < 1.29 is 22.7 Å². The van der Waals surface area contributed by atoms with Crippen molar-refractivity contribution in [3.63, 3.8) is 0 Å². The fraction of sp³-hybridized carbons (Fsp3) is 0.562. The average Bonchev–Trinajstić information content (AvgIpc) is 2.46. The van der Waals surface area contributed by atoms with E-state index in [4.69, 9.17) is 9.47 Å². The van der Waals surface area contributed by atoms with E-state index in [1.165, 1.54) is 0 Å². The molecule has 0 heterocycles. The van der Waals surface area contributed by atoms with Gasteiger partial charge in [0.1, 0.15) is 5.75 Å². The molecule has 0 aliphatic heterocycles. The number of carbonyl (C=O) groups excluding carboxylic acids is 1. The minimum absolute atomic E-state index is 0.226. The Kier molecular flexibility index (Phi) is 7.02. The lowest BCUT2D eigenvalue weighted by Crippen LogP contribution is -2.39. The number of hydrogen-bond acceptors (Lipinski definition) is 5. The third-order valence-electron chi connectivity index (χ3n) is 3.29. The smallest absolute Gasteiger partial charge is 0.312 e. The number of carbonyl (C=O) groups is 1. The number of methoxy groups -OCH3 is 1. The SMILES string of the molecule is CCOC(=O)C(C)(C)CS(=O)(=O)NCCc1ccccc1OC. The predicted octanol–water partition coefficient (Wildman–Crippen LogP) is 1.75. The van der Waals surface area contributed by atoms with Gasteiger partial charge in [-0.15, -0.1) is 0 Å². The largest absolute Gasteiger partial charge is 0.496 e. The molecule has 0 aliphatic rings. The molecular weight excluding hydrogens is 318 g/mol. The maximum absolute atomic E-state index is 12.1. The average molecular weight is 343 g/mol. The van der Waals surface area contributed by atoms with E-state index in [9.17, 15) is 13.2 Å². The molecule has 0 saturated heterocycles. The maximum Gasteiger partial charge on any atom is 0.312 e. The van der Waals surface area contributed by atoms with E-state index >= 15 is 0 Å². The molecule has 23 heavy (non-hydrogen) atoms. The number of sulfonamides is 1. The molecule has 1 aromatic rings. The van der Waals surface area contributed by atoms with Crippen molar-refractivity contribution in [1.29, 1.82) is 0 Å². The van der Waals surface area contributed by atoms with Crippen molar-refractivity contribution in [1.82, 2.24) is 4.72 Å². The van der Waals surface area contributed by atoms with Crippen LogP contribution < -0.4 is 9.46 Å². The van der Waals surface area contributed by atoms with Gasteiger partial charge in [-0.2, -0.15) is 0 Å². The molecule has 0 aliphatic carbocycles. The van der Waals surface area contributed by atoms with Gasteiger partial charge in [-0.25, -0.2) is 13.1 Å². The summed E-state index contributed by atoms with van der Waals surface area (Å²) < 4.78 is 37.0. The lowest BCUT2D eigenvalue weighted by atomic mass is 9.97. The second kappa shape index (κ2) is 8.31. The quantitative estimate of drug-likeness (QED) is 0.691. The van der Waals surface area contributed by atoms with Crippen LogP contribution in [0.4, 0.5) is 0 Å². The molecule has 0 amide bonds. The van der Waals surface area contributed by atoms with Gasteiger partial charge in [0.05, 0.1) is 24.9 Å². The first-order chi connectivity index (χ1) is 10.7. The van der Waals surface area contributed by atoms with E-state index in [0.717, 1.165) is 11.3 Å². The van der Waals surface area contributed by atoms with Gasteiger partial charge in [-0.1, -0.05) is 18.2 Å². The minimum atomic E-state index is -3.58. The minimum Gasteiger partial charge on any atom is -0.496 e. The number of nitrogens with one attached hydrogen (secondary N) is 1. The van der Waals surface area contributed by atoms with Crippen molar-refractivity contribution in [2.45, 2.75) is 27.2 Å². The van der Waals surface area contributed by atoms with Crippen molar-refractivity contribution >= 4 is 16.0 Å². The summed E-state index contributed by atoms with van der Waals surface area (Å²) in [6.07, 6.45) is 0.503. The second-order valence-corrected chi connectivity index (χ2v) is 7.63. The number of ether oxygens (including phenoxy) is 2. The molecule has 1 N–H and O–H groups in total. The normalized spacial score (nSPS) is 12.0. The summed E-state index contributed by atoms with van der Waals surface area (Å²) in [4.78, 5) is 11.8. The molecule has 0 atom stereocenters. The Hall–Kier alpha value is -1.60. The van der Waals surface area contributed by atoms with Crippen LogP contribution in [0.25, 0.3) is 0 Å². The molecule has 7 heteroatoms. The van der Waals surface area contributed by atoms with E-state index in [1.54, 1.807) is 27.9 Å². The summed E-state index contributed by atoms with van der Waals surface area (Å²) in [5.41, 5.74) is -0.172. The van der Waals surface area contributed by atoms with Crippen LogP contribution in [-0.4, -0.2) is 40.4 Å². The monoisotopic (exact) mass is 343 g/mol. The summed E-state index contributed by atoms with van der Waals surface area (Å²) in [5, 5.41) is 0. The Balaban J connectivity index is 2.61. The lowest BCUT2D eigenvalue weighted by molar-refractivity contribution is -0.152. The van der Waals surface area contributed by atoms with Crippen molar-refractivity contribution in [2.75, 3.05) is 26.0 Å². The molecule has 0 bridgehead atoms. The Morgan fingerprint density at radius 1 is 1.26 bits per heavy atom. The number of rotatable bonds is 9. The highest BCUT2D eigenvalue weighted by Crippen LogP contribution is 2.20. The number of esters is 1. The number of hydrogen-bond donors (Lipinski definition) is 1. The van der Waals surface area contributed by atoms with Crippen LogP contribution in [0.3, 0.4) is 0 Å². The summed E-state index contributed by atoms with van der Waals surface area (Å²) in [6.45, 7) is 5.27. The first-order valence-corrected chi connectivity index (χ1v) is 9.13. The summed E-state index contributed by atoms with van der Waals surface area (Å²) >= 11 is 0. The van der Waals surface area contributed by atoms with Gasteiger partial charge >= 0.3 is 5.97 Å². The maximum atomic E-state index is 12.1. The van der Waals surface area contributed by atoms with Crippen LogP contribution in [-0.2, 0) is 26.0 Å². The fourth-order valence-corrected chi connectivity index (χ4v) is 3.75. The fourth-order valence-electron chi connectivity index (χ4n) is 2.16. The van der Waals surface area contributed by atoms with Crippen LogP contribution >= 0.6 is 0 Å². The summed E-state index contributed by atoms with van der Waals surface area (Å²) in [7, 11) is -2.01. The van der Waals surface area contributed by atoms with Crippen LogP contribution in [0, 0.1) is 5.41 Å². The lowest BCUT2D eigenvalue weighted by Gasteiger charge is -2.22. The zero-order valence-corrected chi connectivity index (χ0v) is 14.9. The van der Waals surface area contributed by atoms with E-state index in [2.05, 4.69) is 4.72 Å². The summed E-state index contributed by atoms with van der Waals surface area (Å²) in [5.74, 6) is -0.112. The van der Waals surface area contributed by atoms with Gasteiger partial charge in [0, 0.05) is 6.54 Å². The first kappa shape index (κ1) is 19.4. The van der Waals surface area contributed by atoms with Gasteiger partial charge in [-0.3, -0.25) is 4.79 Å². The molecule has 0 aromatic heterocycles. The van der Waals surface area contributed by atoms with Gasteiger partial charge in [0.2, 0.25) is 10.0 Å². The van der Waals surface area contributed by atoms with E-state index in [0.29, 0.717) is 6.42 Å². The topological polar surface area (TPSA) is 81.7 Å².